The molecule has 1 aliphatic rings. The summed E-state index contributed by atoms with van der Waals surface area (Å²) in [5.41, 5.74) is -1.03. The molecular formula is C27H23F6N3O5. The number of piperidine rings is 1. The van der Waals surface area contributed by atoms with Crippen LogP contribution in [0.2, 0.25) is 0 Å². The van der Waals surface area contributed by atoms with Crippen LogP contribution in [0, 0.1) is 10.1 Å². The molecule has 1 amide bonds. The van der Waals surface area contributed by atoms with Crippen molar-refractivity contribution in [3.8, 4) is 11.5 Å². The number of ether oxygens (including phenoxy) is 2. The maximum atomic E-state index is 13.1. The van der Waals surface area contributed by atoms with Crippen LogP contribution in [-0.4, -0.2) is 36.4 Å². The first-order valence-electron chi connectivity index (χ1n) is 12.3. The summed E-state index contributed by atoms with van der Waals surface area (Å²) >= 11 is 0. The Morgan fingerprint density at radius 2 is 1.54 bits per heavy atom. The number of carbonyl (C=O) groups excluding carboxylic acids is 1. The highest BCUT2D eigenvalue weighted by Crippen LogP contribution is 2.33. The molecule has 0 unspecified atom stereocenters. The van der Waals surface area contributed by atoms with Gasteiger partial charge >= 0.3 is 12.5 Å². The Balaban J connectivity index is 1.28. The summed E-state index contributed by atoms with van der Waals surface area (Å²) in [6.45, 7) is 1.31. The molecule has 14 heteroatoms. The minimum Gasteiger partial charge on any atom is -0.490 e. The van der Waals surface area contributed by atoms with Crippen LogP contribution >= 0.6 is 0 Å². The highest BCUT2D eigenvalue weighted by molar-refractivity contribution is 5.95. The number of nitrogens with zero attached hydrogens (tertiary/aromatic N) is 2. The van der Waals surface area contributed by atoms with E-state index in [1.165, 1.54) is 24.3 Å². The molecule has 0 spiro atoms. The van der Waals surface area contributed by atoms with E-state index in [9.17, 15) is 41.3 Å². The predicted octanol–water partition coefficient (Wildman–Crippen LogP) is 6.49. The Bertz CT molecular complexity index is 1370. The third kappa shape index (κ3) is 8.25. The molecule has 41 heavy (non-hydrogen) atoms. The van der Waals surface area contributed by atoms with Crippen molar-refractivity contribution in [3.05, 3.63) is 93.5 Å². The van der Waals surface area contributed by atoms with E-state index in [0.717, 1.165) is 11.8 Å². The molecule has 0 saturated carbocycles. The van der Waals surface area contributed by atoms with Crippen LogP contribution in [0.4, 0.5) is 37.7 Å². The van der Waals surface area contributed by atoms with Crippen molar-refractivity contribution in [2.45, 2.75) is 38.0 Å². The normalized spacial score (nSPS) is 14.4. The molecule has 3 aromatic rings. The number of rotatable bonds is 8. The van der Waals surface area contributed by atoms with Crippen molar-refractivity contribution in [2.75, 3.05) is 18.0 Å². The number of hydrogen-bond acceptors (Lipinski definition) is 6. The Morgan fingerprint density at radius 3 is 2.10 bits per heavy atom. The Hall–Kier alpha value is -4.49. The standard InChI is InChI=1S/C27H23F6N3O5/c28-26(29,30)19-13-18(14-21(15-19)36(38)39)25(37)34-16-17-1-3-20(4-2-17)35-11-9-23(10-12-35)40-22-5-7-24(8-6-22)41-27(31,32)33/h1-8,13-15,23H,9-12,16H2,(H,34,37). The van der Waals surface area contributed by atoms with Crippen LogP contribution in [0.3, 0.4) is 0 Å². The van der Waals surface area contributed by atoms with Crippen molar-refractivity contribution in [1.82, 2.24) is 5.32 Å². The van der Waals surface area contributed by atoms with Gasteiger partial charge in [-0.2, -0.15) is 13.2 Å². The van der Waals surface area contributed by atoms with E-state index in [1.54, 1.807) is 12.1 Å². The van der Waals surface area contributed by atoms with Gasteiger partial charge in [0.1, 0.15) is 17.6 Å². The van der Waals surface area contributed by atoms with E-state index < -0.39 is 40.2 Å². The lowest BCUT2D eigenvalue weighted by atomic mass is 10.1. The molecule has 1 heterocycles. The van der Waals surface area contributed by atoms with E-state index in [2.05, 4.69) is 15.0 Å². The first-order valence-corrected chi connectivity index (χ1v) is 12.3. The fourth-order valence-corrected chi connectivity index (χ4v) is 4.26. The molecular weight excluding hydrogens is 560 g/mol. The molecule has 1 saturated heterocycles. The number of amides is 1. The smallest absolute Gasteiger partial charge is 0.490 e. The van der Waals surface area contributed by atoms with Gasteiger partial charge in [0.05, 0.1) is 10.5 Å². The minimum atomic E-state index is -4.85. The van der Waals surface area contributed by atoms with Crippen molar-refractivity contribution in [2.24, 2.45) is 0 Å². The van der Waals surface area contributed by atoms with Gasteiger partial charge < -0.3 is 19.7 Å². The molecule has 8 nitrogen and oxygen atoms in total. The van der Waals surface area contributed by atoms with Crippen LogP contribution < -0.4 is 19.7 Å². The van der Waals surface area contributed by atoms with Crippen LogP contribution in [-0.2, 0) is 12.7 Å². The fraction of sp³-hybridized carbons (Fsp3) is 0.296. The van der Waals surface area contributed by atoms with Crippen molar-refractivity contribution in [3.63, 3.8) is 0 Å². The van der Waals surface area contributed by atoms with E-state index in [4.69, 9.17) is 4.74 Å². The summed E-state index contributed by atoms with van der Waals surface area (Å²) in [6.07, 6.45) is -8.40. The van der Waals surface area contributed by atoms with Gasteiger partial charge in [-0.05, 0) is 48.0 Å². The monoisotopic (exact) mass is 583 g/mol. The minimum absolute atomic E-state index is 0.00806. The summed E-state index contributed by atoms with van der Waals surface area (Å²) in [7, 11) is 0. The third-order valence-electron chi connectivity index (χ3n) is 6.27. The molecule has 0 atom stereocenters. The van der Waals surface area contributed by atoms with Gasteiger partial charge in [-0.15, -0.1) is 13.2 Å². The first-order chi connectivity index (χ1) is 19.3. The van der Waals surface area contributed by atoms with Gasteiger partial charge in [0, 0.05) is 55.9 Å². The second kappa shape index (κ2) is 11.9. The molecule has 3 aromatic carbocycles. The number of nitro benzene ring substituents is 1. The van der Waals surface area contributed by atoms with E-state index in [-0.39, 0.29) is 18.4 Å². The number of halogens is 6. The second-order valence-corrected chi connectivity index (χ2v) is 9.20. The summed E-state index contributed by atoms with van der Waals surface area (Å²) in [4.78, 5) is 24.6. The lowest BCUT2D eigenvalue weighted by Crippen LogP contribution is -2.38. The molecule has 0 bridgehead atoms. The lowest BCUT2D eigenvalue weighted by molar-refractivity contribution is -0.385. The number of benzene rings is 3. The molecule has 0 aromatic heterocycles. The third-order valence-corrected chi connectivity index (χ3v) is 6.27. The number of nitrogens with one attached hydrogen (secondary N) is 1. The average Bonchev–Trinajstić information content (AvgIpc) is 2.92. The molecule has 0 aliphatic carbocycles. The van der Waals surface area contributed by atoms with Gasteiger partial charge in [-0.1, -0.05) is 12.1 Å². The zero-order chi connectivity index (χ0) is 29.8. The second-order valence-electron chi connectivity index (χ2n) is 9.20. The largest absolute Gasteiger partial charge is 0.573 e. The first kappa shape index (κ1) is 29.5. The molecule has 1 aliphatic heterocycles. The van der Waals surface area contributed by atoms with Crippen LogP contribution in [0.1, 0.15) is 34.3 Å². The zero-order valence-electron chi connectivity index (χ0n) is 21.2. The number of non-ortho nitro benzene ring substituents is 1. The van der Waals surface area contributed by atoms with E-state index in [0.29, 0.717) is 49.4 Å². The van der Waals surface area contributed by atoms with Crippen LogP contribution in [0.25, 0.3) is 0 Å². The van der Waals surface area contributed by atoms with Crippen LogP contribution in [0.5, 0.6) is 11.5 Å². The SMILES string of the molecule is O=C(NCc1ccc(N2CCC(Oc3ccc(OC(F)(F)F)cc3)CC2)cc1)c1cc([N+](=O)[O-])cc(C(F)(F)F)c1. The van der Waals surface area contributed by atoms with Crippen molar-refractivity contribution < 1.29 is 45.5 Å². The van der Waals surface area contributed by atoms with Gasteiger partial charge in [0.25, 0.3) is 11.6 Å². The summed E-state index contributed by atoms with van der Waals surface area (Å²) in [6, 6.07) is 14.1. The highest BCUT2D eigenvalue weighted by Gasteiger charge is 2.34. The number of hydrogen-bond donors (Lipinski definition) is 1. The Kier molecular flexibility index (Phi) is 8.59. The fourth-order valence-electron chi connectivity index (χ4n) is 4.26. The maximum absolute atomic E-state index is 13.1. The number of anilines is 1. The molecule has 218 valence electrons. The predicted molar refractivity (Wildman–Crippen MR) is 135 cm³/mol. The quantitative estimate of drug-likeness (QED) is 0.185. The maximum Gasteiger partial charge on any atom is 0.573 e. The van der Waals surface area contributed by atoms with Gasteiger partial charge in [0.2, 0.25) is 0 Å². The molecule has 0 radical (unpaired) electrons. The number of alkyl halides is 6. The highest BCUT2D eigenvalue weighted by atomic mass is 19.4. The number of nitro groups is 1. The topological polar surface area (TPSA) is 93.9 Å². The van der Waals surface area contributed by atoms with E-state index in [1.807, 2.05) is 12.1 Å². The molecule has 1 fully saturated rings. The Labute approximate surface area is 229 Å². The van der Waals surface area contributed by atoms with E-state index >= 15 is 0 Å². The van der Waals surface area contributed by atoms with Crippen molar-refractivity contribution in [1.29, 1.82) is 0 Å². The average molecular weight is 583 g/mol. The zero-order valence-corrected chi connectivity index (χ0v) is 21.2. The molecule has 1 N–H and O–H groups in total. The van der Waals surface area contributed by atoms with Crippen LogP contribution in [0.15, 0.2) is 66.7 Å². The van der Waals surface area contributed by atoms with Crippen molar-refractivity contribution >= 4 is 17.3 Å². The van der Waals surface area contributed by atoms with Gasteiger partial charge in [-0.3, -0.25) is 14.9 Å². The summed E-state index contributed by atoms with van der Waals surface area (Å²) in [5, 5.41) is 13.5. The summed E-state index contributed by atoms with van der Waals surface area (Å²) in [5.74, 6) is -0.778. The lowest BCUT2D eigenvalue weighted by Gasteiger charge is -2.33. The van der Waals surface area contributed by atoms with Gasteiger partial charge in [0.15, 0.2) is 0 Å². The molecule has 4 rings (SSSR count). The summed E-state index contributed by atoms with van der Waals surface area (Å²) < 4.78 is 85.9. The Morgan fingerprint density at radius 1 is 0.927 bits per heavy atom. The number of carbonyl (C=O) groups is 1. The van der Waals surface area contributed by atoms with Gasteiger partial charge in [-0.25, -0.2) is 0 Å².